The monoisotopic (exact) mass is 562 g/mol. The van der Waals surface area contributed by atoms with E-state index in [2.05, 4.69) is 32.2 Å². The quantitative estimate of drug-likeness (QED) is 0.269. The molecule has 0 radical (unpaired) electrons. The number of rotatable bonds is 4. The van der Waals surface area contributed by atoms with E-state index in [0.29, 0.717) is 39.2 Å². The van der Waals surface area contributed by atoms with E-state index in [4.69, 9.17) is 0 Å². The second-order valence-corrected chi connectivity index (χ2v) is 10.4. The number of nitrogens with zero attached hydrogens (tertiary/aromatic N) is 4. The SMILES string of the molecule is Cc1nn2cccnc2c1C(=O)NC(C)c1cc2cccc(C#Cc3c[nH]c4ccccc34)c2c(=O)n1-c1ccccc1. The molecule has 0 saturated heterocycles. The maximum absolute atomic E-state index is 14.3. The van der Waals surface area contributed by atoms with Crippen LogP contribution in [0.5, 0.6) is 0 Å². The van der Waals surface area contributed by atoms with Gasteiger partial charge in [0.2, 0.25) is 0 Å². The summed E-state index contributed by atoms with van der Waals surface area (Å²) in [4.78, 5) is 35.5. The number of nitrogens with one attached hydrogen (secondary N) is 2. The molecule has 0 spiro atoms. The number of para-hydroxylation sites is 2. The zero-order valence-electron chi connectivity index (χ0n) is 23.5. The molecule has 8 heteroatoms. The molecule has 4 heterocycles. The van der Waals surface area contributed by atoms with Crippen LogP contribution in [0.1, 0.15) is 45.8 Å². The average Bonchev–Trinajstić information content (AvgIpc) is 3.60. The Hall–Kier alpha value is -5.94. The molecule has 8 nitrogen and oxygen atoms in total. The van der Waals surface area contributed by atoms with E-state index in [-0.39, 0.29) is 11.5 Å². The minimum atomic E-state index is -0.524. The highest BCUT2D eigenvalue weighted by atomic mass is 16.2. The van der Waals surface area contributed by atoms with E-state index in [0.717, 1.165) is 21.9 Å². The molecule has 4 aromatic heterocycles. The van der Waals surface area contributed by atoms with Gasteiger partial charge in [0.15, 0.2) is 5.65 Å². The number of fused-ring (bicyclic) bond motifs is 3. The van der Waals surface area contributed by atoms with Crippen molar-refractivity contribution in [3.8, 4) is 17.5 Å². The van der Waals surface area contributed by atoms with E-state index in [9.17, 15) is 9.59 Å². The molecule has 208 valence electrons. The van der Waals surface area contributed by atoms with E-state index in [1.807, 2.05) is 92.0 Å². The summed E-state index contributed by atoms with van der Waals surface area (Å²) >= 11 is 0. The molecule has 7 aromatic rings. The Labute approximate surface area is 246 Å². The largest absolute Gasteiger partial charge is 0.360 e. The highest BCUT2D eigenvalue weighted by Gasteiger charge is 2.23. The van der Waals surface area contributed by atoms with Gasteiger partial charge in [-0.1, -0.05) is 60.4 Å². The number of aryl methyl sites for hydroxylation is 1. The van der Waals surface area contributed by atoms with Crippen LogP contribution < -0.4 is 10.9 Å². The van der Waals surface area contributed by atoms with E-state index in [1.165, 1.54) is 0 Å². The first-order valence-corrected chi connectivity index (χ1v) is 13.9. The molecule has 1 unspecified atom stereocenters. The Morgan fingerprint density at radius 2 is 1.74 bits per heavy atom. The highest BCUT2D eigenvalue weighted by Crippen LogP contribution is 2.24. The summed E-state index contributed by atoms with van der Waals surface area (Å²) < 4.78 is 3.25. The number of aromatic nitrogens is 5. The first-order chi connectivity index (χ1) is 21.0. The number of benzene rings is 3. The second kappa shape index (κ2) is 10.5. The van der Waals surface area contributed by atoms with Crippen molar-refractivity contribution in [3.05, 3.63) is 142 Å². The third-order valence-electron chi connectivity index (χ3n) is 7.60. The van der Waals surface area contributed by atoms with Gasteiger partial charge in [0.1, 0.15) is 5.56 Å². The van der Waals surface area contributed by atoms with Crippen molar-refractivity contribution in [1.29, 1.82) is 0 Å². The molecule has 0 bridgehead atoms. The lowest BCUT2D eigenvalue weighted by Crippen LogP contribution is -2.32. The van der Waals surface area contributed by atoms with Gasteiger partial charge in [0.25, 0.3) is 11.5 Å². The summed E-state index contributed by atoms with van der Waals surface area (Å²) in [6.07, 6.45) is 5.27. The fourth-order valence-corrected chi connectivity index (χ4v) is 5.56. The van der Waals surface area contributed by atoms with E-state index in [1.54, 1.807) is 34.5 Å². The van der Waals surface area contributed by atoms with Crippen molar-refractivity contribution in [2.75, 3.05) is 0 Å². The first-order valence-electron chi connectivity index (χ1n) is 13.9. The molecule has 1 atom stereocenters. The second-order valence-electron chi connectivity index (χ2n) is 10.4. The lowest BCUT2D eigenvalue weighted by Gasteiger charge is -2.21. The van der Waals surface area contributed by atoms with Crippen LogP contribution in [-0.4, -0.2) is 30.1 Å². The maximum Gasteiger partial charge on any atom is 0.264 e. The van der Waals surface area contributed by atoms with Gasteiger partial charge in [0.05, 0.1) is 22.7 Å². The van der Waals surface area contributed by atoms with Gasteiger partial charge in [-0.05, 0) is 55.6 Å². The molecule has 0 saturated carbocycles. The zero-order chi connectivity index (χ0) is 29.5. The molecule has 1 amide bonds. The van der Waals surface area contributed by atoms with Gasteiger partial charge in [-0.25, -0.2) is 9.50 Å². The van der Waals surface area contributed by atoms with Crippen molar-refractivity contribution >= 4 is 33.2 Å². The van der Waals surface area contributed by atoms with Crippen molar-refractivity contribution in [2.24, 2.45) is 0 Å². The molecule has 0 aliphatic rings. The third-order valence-corrected chi connectivity index (χ3v) is 7.60. The molecule has 2 N–H and O–H groups in total. The third kappa shape index (κ3) is 4.53. The summed E-state index contributed by atoms with van der Waals surface area (Å²) in [6.45, 7) is 3.65. The Morgan fingerprint density at radius 3 is 2.60 bits per heavy atom. The first kappa shape index (κ1) is 26.0. The van der Waals surface area contributed by atoms with E-state index >= 15 is 0 Å². The molecule has 43 heavy (non-hydrogen) atoms. The van der Waals surface area contributed by atoms with Crippen LogP contribution >= 0.6 is 0 Å². The predicted octanol–water partition coefficient (Wildman–Crippen LogP) is 5.71. The van der Waals surface area contributed by atoms with Gasteiger partial charge in [0, 0.05) is 46.4 Å². The molecule has 3 aromatic carbocycles. The van der Waals surface area contributed by atoms with Crippen molar-refractivity contribution in [3.63, 3.8) is 0 Å². The Kier molecular flexibility index (Phi) is 6.33. The van der Waals surface area contributed by atoms with Crippen molar-refractivity contribution in [2.45, 2.75) is 19.9 Å². The average molecular weight is 563 g/mol. The number of hydrogen-bond acceptors (Lipinski definition) is 4. The summed E-state index contributed by atoms with van der Waals surface area (Å²) in [5, 5.41) is 9.79. The molecule has 0 fully saturated rings. The number of amides is 1. The van der Waals surface area contributed by atoms with Crippen LogP contribution in [0.3, 0.4) is 0 Å². The maximum atomic E-state index is 14.3. The number of aromatic amines is 1. The highest BCUT2D eigenvalue weighted by molar-refractivity contribution is 6.01. The van der Waals surface area contributed by atoms with Crippen LogP contribution in [0, 0.1) is 18.8 Å². The van der Waals surface area contributed by atoms with Crippen LogP contribution in [0.2, 0.25) is 0 Å². The number of carbonyl (C=O) groups is 1. The van der Waals surface area contributed by atoms with Gasteiger partial charge in [-0.3, -0.25) is 14.2 Å². The Bertz CT molecular complexity index is 2300. The summed E-state index contributed by atoms with van der Waals surface area (Å²) in [5.74, 6) is 6.20. The normalized spacial score (nSPS) is 11.9. The van der Waals surface area contributed by atoms with Gasteiger partial charge < -0.3 is 10.3 Å². The van der Waals surface area contributed by atoms with Crippen molar-refractivity contribution < 1.29 is 4.79 Å². The molecule has 7 rings (SSSR count). The lowest BCUT2D eigenvalue weighted by atomic mass is 10.0. The summed E-state index contributed by atoms with van der Waals surface area (Å²) in [6, 6.07) is 26.3. The standard InChI is InChI=1S/C35H26N6O2/c1-22(38-34(42)31-23(2)39-40-19-9-18-36-33(31)40)30-20-25-11-8-10-24(16-17-26-21-37-29-15-7-6-14-28(26)29)32(25)35(43)41(30)27-12-4-3-5-13-27/h3-15,18-22,37H,1-2H3,(H,38,42). The number of H-pyrrole nitrogens is 1. The van der Waals surface area contributed by atoms with Gasteiger partial charge in [-0.15, -0.1) is 0 Å². The van der Waals surface area contributed by atoms with Crippen LogP contribution in [0.4, 0.5) is 0 Å². The Balaban J connectivity index is 1.35. The van der Waals surface area contributed by atoms with Gasteiger partial charge >= 0.3 is 0 Å². The minimum Gasteiger partial charge on any atom is -0.360 e. The Morgan fingerprint density at radius 1 is 0.953 bits per heavy atom. The van der Waals surface area contributed by atoms with Crippen LogP contribution in [-0.2, 0) is 0 Å². The fraction of sp³-hybridized carbons (Fsp3) is 0.0857. The van der Waals surface area contributed by atoms with Crippen molar-refractivity contribution in [1.82, 2.24) is 29.5 Å². The van der Waals surface area contributed by atoms with Crippen LogP contribution in [0.15, 0.2) is 108 Å². The fourth-order valence-electron chi connectivity index (χ4n) is 5.56. The molecular formula is C35H26N6O2. The molecular weight excluding hydrogens is 536 g/mol. The lowest BCUT2D eigenvalue weighted by molar-refractivity contribution is 0.0939. The topological polar surface area (TPSA) is 97.1 Å². The van der Waals surface area contributed by atoms with Gasteiger partial charge in [-0.2, -0.15) is 5.10 Å². The number of hydrogen-bond donors (Lipinski definition) is 2. The number of carbonyl (C=O) groups excluding carboxylic acids is 1. The summed E-state index contributed by atoms with van der Waals surface area (Å²) in [7, 11) is 0. The zero-order valence-corrected chi connectivity index (χ0v) is 23.5. The predicted molar refractivity (Wildman–Crippen MR) is 167 cm³/mol. The smallest absolute Gasteiger partial charge is 0.264 e. The van der Waals surface area contributed by atoms with E-state index < -0.39 is 6.04 Å². The van der Waals surface area contributed by atoms with Crippen LogP contribution in [0.25, 0.3) is 33.0 Å². The molecule has 0 aliphatic carbocycles. The minimum absolute atomic E-state index is 0.211. The molecule has 0 aliphatic heterocycles. The summed E-state index contributed by atoms with van der Waals surface area (Å²) in [5.41, 5.74) is 5.07. The number of pyridine rings is 1.